The van der Waals surface area contributed by atoms with Crippen molar-refractivity contribution in [2.45, 2.75) is 26.2 Å². The van der Waals surface area contributed by atoms with E-state index in [0.29, 0.717) is 12.2 Å². The fourth-order valence-corrected chi connectivity index (χ4v) is 2.55. The summed E-state index contributed by atoms with van der Waals surface area (Å²) in [6.45, 7) is 2.79. The number of carbonyl (C=O) groups is 1. The van der Waals surface area contributed by atoms with Gasteiger partial charge in [-0.15, -0.1) is 0 Å². The minimum Gasteiger partial charge on any atom is -0.396 e. The van der Waals surface area contributed by atoms with Crippen LogP contribution in [0, 0.1) is 12.3 Å². The second-order valence-corrected chi connectivity index (χ2v) is 5.68. The maximum absolute atomic E-state index is 12.2. The van der Waals surface area contributed by atoms with E-state index in [9.17, 15) is 4.79 Å². The third-order valence-electron chi connectivity index (χ3n) is 4.15. The van der Waals surface area contributed by atoms with Crippen molar-refractivity contribution in [3.8, 4) is 0 Å². The standard InChI is InChI=1S/C15H19N3O2/c1-11-3-2-4-13-17-12(9-18(11)13)14(20)16-10-15(5-6-15)7-8-19/h2-4,9,19H,5-8,10H2,1H3,(H,16,20). The Balaban J connectivity index is 1.71. The third kappa shape index (κ3) is 2.41. The largest absolute Gasteiger partial charge is 0.396 e. The number of carbonyl (C=O) groups excluding carboxylic acids is 1. The van der Waals surface area contributed by atoms with Crippen LogP contribution in [0.5, 0.6) is 0 Å². The third-order valence-corrected chi connectivity index (χ3v) is 4.15. The van der Waals surface area contributed by atoms with Gasteiger partial charge < -0.3 is 14.8 Å². The number of fused-ring (bicyclic) bond motifs is 1. The molecular formula is C15H19N3O2. The molecule has 2 N–H and O–H groups in total. The monoisotopic (exact) mass is 273 g/mol. The summed E-state index contributed by atoms with van der Waals surface area (Å²) in [7, 11) is 0. The molecule has 1 aliphatic rings. The number of pyridine rings is 1. The second-order valence-electron chi connectivity index (χ2n) is 5.68. The molecule has 1 aliphatic carbocycles. The van der Waals surface area contributed by atoms with E-state index in [4.69, 9.17) is 5.11 Å². The lowest BCUT2D eigenvalue weighted by Gasteiger charge is -2.13. The summed E-state index contributed by atoms with van der Waals surface area (Å²) in [6, 6.07) is 5.80. The van der Waals surface area contributed by atoms with Gasteiger partial charge in [0.05, 0.1) is 0 Å². The fourth-order valence-electron chi connectivity index (χ4n) is 2.55. The molecule has 2 heterocycles. The molecule has 0 aromatic carbocycles. The summed E-state index contributed by atoms with van der Waals surface area (Å²) in [4.78, 5) is 16.5. The number of aliphatic hydroxyl groups excluding tert-OH is 1. The van der Waals surface area contributed by atoms with Crippen LogP contribution in [-0.4, -0.2) is 33.6 Å². The van der Waals surface area contributed by atoms with Crippen molar-refractivity contribution in [1.82, 2.24) is 14.7 Å². The van der Waals surface area contributed by atoms with E-state index in [1.807, 2.05) is 29.5 Å². The highest BCUT2D eigenvalue weighted by atomic mass is 16.3. The topological polar surface area (TPSA) is 66.6 Å². The first-order chi connectivity index (χ1) is 9.63. The molecule has 0 aliphatic heterocycles. The molecule has 2 aromatic rings. The second kappa shape index (κ2) is 4.90. The number of hydrogen-bond donors (Lipinski definition) is 2. The molecule has 0 bridgehead atoms. The number of rotatable bonds is 5. The number of aliphatic hydroxyl groups is 1. The van der Waals surface area contributed by atoms with Crippen LogP contribution in [0.1, 0.15) is 35.4 Å². The van der Waals surface area contributed by atoms with Gasteiger partial charge in [0.1, 0.15) is 11.3 Å². The molecule has 0 unspecified atom stereocenters. The summed E-state index contributed by atoms with van der Waals surface area (Å²) < 4.78 is 1.91. The average Bonchev–Trinajstić information content (AvgIpc) is 3.04. The summed E-state index contributed by atoms with van der Waals surface area (Å²) in [5, 5.41) is 12.0. The van der Waals surface area contributed by atoms with Crippen LogP contribution in [0.15, 0.2) is 24.4 Å². The number of nitrogens with one attached hydrogen (secondary N) is 1. The predicted molar refractivity (Wildman–Crippen MR) is 75.6 cm³/mol. The van der Waals surface area contributed by atoms with Crippen molar-refractivity contribution in [3.05, 3.63) is 35.8 Å². The van der Waals surface area contributed by atoms with Crippen LogP contribution in [0.4, 0.5) is 0 Å². The molecule has 0 radical (unpaired) electrons. The first-order valence-corrected chi connectivity index (χ1v) is 6.97. The smallest absolute Gasteiger partial charge is 0.271 e. The van der Waals surface area contributed by atoms with Crippen molar-refractivity contribution in [2.75, 3.05) is 13.2 Å². The fraction of sp³-hybridized carbons (Fsp3) is 0.467. The number of nitrogens with zero attached hydrogens (tertiary/aromatic N) is 2. The quantitative estimate of drug-likeness (QED) is 0.868. The van der Waals surface area contributed by atoms with Gasteiger partial charge in [0.15, 0.2) is 0 Å². The maximum Gasteiger partial charge on any atom is 0.271 e. The number of aryl methyl sites for hydroxylation is 1. The van der Waals surface area contributed by atoms with Gasteiger partial charge in [-0.05, 0) is 43.7 Å². The molecule has 1 amide bonds. The number of imidazole rings is 1. The Kier molecular flexibility index (Phi) is 3.22. The van der Waals surface area contributed by atoms with Gasteiger partial charge in [0.2, 0.25) is 0 Å². The van der Waals surface area contributed by atoms with E-state index < -0.39 is 0 Å². The highest BCUT2D eigenvalue weighted by molar-refractivity contribution is 5.92. The Morgan fingerprint density at radius 3 is 2.95 bits per heavy atom. The Hall–Kier alpha value is -1.88. The molecule has 106 valence electrons. The van der Waals surface area contributed by atoms with E-state index in [1.54, 1.807) is 6.20 Å². The molecule has 0 saturated heterocycles. The highest BCUT2D eigenvalue weighted by Gasteiger charge is 2.42. The van der Waals surface area contributed by atoms with Gasteiger partial charge in [-0.1, -0.05) is 6.07 Å². The van der Waals surface area contributed by atoms with E-state index in [0.717, 1.165) is 30.6 Å². The molecule has 20 heavy (non-hydrogen) atoms. The van der Waals surface area contributed by atoms with Crippen molar-refractivity contribution >= 4 is 11.6 Å². The summed E-state index contributed by atoms with van der Waals surface area (Å²) >= 11 is 0. The number of aromatic nitrogens is 2. The van der Waals surface area contributed by atoms with Crippen molar-refractivity contribution < 1.29 is 9.90 Å². The van der Waals surface area contributed by atoms with Gasteiger partial charge in [-0.3, -0.25) is 4.79 Å². The van der Waals surface area contributed by atoms with Gasteiger partial charge in [0, 0.05) is 25.0 Å². The highest BCUT2D eigenvalue weighted by Crippen LogP contribution is 2.47. The molecular weight excluding hydrogens is 254 g/mol. The SMILES string of the molecule is Cc1cccc2nc(C(=O)NCC3(CCO)CC3)cn12. The van der Waals surface area contributed by atoms with Crippen LogP contribution >= 0.6 is 0 Å². The van der Waals surface area contributed by atoms with E-state index in [1.165, 1.54) is 0 Å². The van der Waals surface area contributed by atoms with Crippen LogP contribution < -0.4 is 5.32 Å². The average molecular weight is 273 g/mol. The molecule has 5 heteroatoms. The lowest BCUT2D eigenvalue weighted by molar-refractivity contribution is 0.0936. The van der Waals surface area contributed by atoms with E-state index in [2.05, 4.69) is 10.3 Å². The Morgan fingerprint density at radius 1 is 1.50 bits per heavy atom. The summed E-state index contributed by atoms with van der Waals surface area (Å²) in [6.07, 6.45) is 4.69. The van der Waals surface area contributed by atoms with Crippen molar-refractivity contribution in [1.29, 1.82) is 0 Å². The number of amides is 1. The minimum atomic E-state index is -0.141. The first kappa shape index (κ1) is 13.1. The van der Waals surface area contributed by atoms with Crippen molar-refractivity contribution in [2.24, 2.45) is 5.41 Å². The molecule has 0 atom stereocenters. The lowest BCUT2D eigenvalue weighted by Crippen LogP contribution is -2.30. The van der Waals surface area contributed by atoms with Crippen LogP contribution in [0.25, 0.3) is 5.65 Å². The first-order valence-electron chi connectivity index (χ1n) is 6.97. The Bertz CT molecular complexity index is 644. The van der Waals surface area contributed by atoms with Crippen LogP contribution in [0.3, 0.4) is 0 Å². The minimum absolute atomic E-state index is 0.124. The van der Waals surface area contributed by atoms with Crippen LogP contribution in [-0.2, 0) is 0 Å². The zero-order valence-corrected chi connectivity index (χ0v) is 11.6. The molecule has 2 aromatic heterocycles. The number of hydrogen-bond acceptors (Lipinski definition) is 3. The van der Waals surface area contributed by atoms with Crippen molar-refractivity contribution in [3.63, 3.8) is 0 Å². The maximum atomic E-state index is 12.2. The van der Waals surface area contributed by atoms with Gasteiger partial charge in [0.25, 0.3) is 5.91 Å². The van der Waals surface area contributed by atoms with Crippen LogP contribution in [0.2, 0.25) is 0 Å². The zero-order valence-electron chi connectivity index (χ0n) is 11.6. The summed E-state index contributed by atoms with van der Waals surface area (Å²) in [5.74, 6) is -0.141. The van der Waals surface area contributed by atoms with E-state index >= 15 is 0 Å². The summed E-state index contributed by atoms with van der Waals surface area (Å²) in [5.41, 5.74) is 2.40. The zero-order chi connectivity index (χ0) is 14.2. The Morgan fingerprint density at radius 2 is 2.30 bits per heavy atom. The molecule has 3 rings (SSSR count). The lowest BCUT2D eigenvalue weighted by atomic mass is 10.0. The van der Waals surface area contributed by atoms with E-state index in [-0.39, 0.29) is 17.9 Å². The van der Waals surface area contributed by atoms with Gasteiger partial charge >= 0.3 is 0 Å². The Labute approximate surface area is 117 Å². The molecule has 1 fully saturated rings. The molecule has 0 spiro atoms. The predicted octanol–water partition coefficient (Wildman–Crippen LogP) is 1.54. The normalized spacial score (nSPS) is 16.3. The molecule has 1 saturated carbocycles. The molecule has 5 nitrogen and oxygen atoms in total. The van der Waals surface area contributed by atoms with Gasteiger partial charge in [-0.25, -0.2) is 4.98 Å². The van der Waals surface area contributed by atoms with Gasteiger partial charge in [-0.2, -0.15) is 0 Å².